The summed E-state index contributed by atoms with van der Waals surface area (Å²) in [5.41, 5.74) is -7.22. The Morgan fingerprint density at radius 3 is 2.47 bits per heavy atom. The number of aliphatic hydroxyl groups excluding tert-OH is 1. The molecular formula is C24H28F4O6. The number of halogens is 4. The number of ether oxygens (including phenoxy) is 1. The van der Waals surface area contributed by atoms with E-state index in [-0.39, 0.29) is 25.0 Å². The molecule has 0 amide bonds. The number of Topliss-reactive ketones (excluding diaryl/α,β-unsaturated/α-hetero) is 1. The van der Waals surface area contributed by atoms with Crippen LogP contribution in [-0.2, 0) is 19.1 Å². The van der Waals surface area contributed by atoms with Crippen molar-refractivity contribution >= 4 is 17.5 Å². The SMILES string of the molecule is CC1C[C@H]2[C@@H]3CCC4=CC(=O)C=C[C@]4(C)[C@@]3(F)C(OC(=O)C(F)(F)F)C[C@]2(C)[C@@]1(O)C(=O)CO. The van der Waals surface area contributed by atoms with Crippen LogP contribution in [0.15, 0.2) is 23.8 Å². The van der Waals surface area contributed by atoms with Crippen molar-refractivity contribution in [1.82, 2.24) is 0 Å². The molecule has 0 aromatic carbocycles. The molecule has 10 heteroatoms. The molecule has 8 atom stereocenters. The first kappa shape index (κ1) is 25.0. The lowest BCUT2D eigenvalue weighted by Gasteiger charge is -2.63. The Morgan fingerprint density at radius 2 is 1.88 bits per heavy atom. The largest absolute Gasteiger partial charge is 0.490 e. The molecule has 188 valence electrons. The second-order valence-electron chi connectivity index (χ2n) is 10.6. The van der Waals surface area contributed by atoms with Gasteiger partial charge in [-0.05, 0) is 56.6 Å². The molecule has 0 bridgehead atoms. The molecule has 3 saturated carbocycles. The first-order chi connectivity index (χ1) is 15.6. The van der Waals surface area contributed by atoms with Crippen LogP contribution >= 0.6 is 0 Å². The van der Waals surface area contributed by atoms with Gasteiger partial charge in [0.1, 0.15) is 18.3 Å². The molecule has 0 aromatic heterocycles. The maximum atomic E-state index is 17.5. The maximum Gasteiger partial charge on any atom is 0.490 e. The number of aliphatic hydroxyl groups is 2. The molecule has 4 rings (SSSR count). The van der Waals surface area contributed by atoms with Gasteiger partial charge in [-0.25, -0.2) is 9.18 Å². The van der Waals surface area contributed by atoms with Gasteiger partial charge >= 0.3 is 12.1 Å². The van der Waals surface area contributed by atoms with Crippen LogP contribution in [0.5, 0.6) is 0 Å². The van der Waals surface area contributed by atoms with E-state index in [0.29, 0.717) is 5.57 Å². The van der Waals surface area contributed by atoms with Crippen molar-refractivity contribution in [3.63, 3.8) is 0 Å². The minimum atomic E-state index is -5.38. The number of carbonyl (C=O) groups is 3. The number of ketones is 2. The van der Waals surface area contributed by atoms with E-state index in [9.17, 15) is 37.8 Å². The molecule has 4 aliphatic carbocycles. The Balaban J connectivity index is 1.90. The summed E-state index contributed by atoms with van der Waals surface area (Å²) < 4.78 is 61.9. The Labute approximate surface area is 194 Å². The summed E-state index contributed by atoms with van der Waals surface area (Å²) in [6.45, 7) is 3.57. The van der Waals surface area contributed by atoms with Crippen molar-refractivity contribution < 1.29 is 46.9 Å². The number of allylic oxidation sites excluding steroid dienone is 4. The summed E-state index contributed by atoms with van der Waals surface area (Å²) in [4.78, 5) is 36.6. The zero-order valence-electron chi connectivity index (χ0n) is 19.1. The third kappa shape index (κ3) is 2.96. The van der Waals surface area contributed by atoms with Gasteiger partial charge in [0.05, 0.1) is 0 Å². The van der Waals surface area contributed by atoms with Crippen molar-refractivity contribution in [2.24, 2.45) is 28.6 Å². The lowest BCUT2D eigenvalue weighted by molar-refractivity contribution is -0.249. The lowest BCUT2D eigenvalue weighted by atomic mass is 9.44. The van der Waals surface area contributed by atoms with Gasteiger partial charge in [-0.15, -0.1) is 0 Å². The lowest BCUT2D eigenvalue weighted by Crippen LogP contribution is -2.70. The standard InChI is InChI=1S/C24H28F4O6/c1-12-8-16-15-5-4-13-9-14(30)6-7-20(13,2)22(15,25)18(34-19(32)24(26,27)28)10-21(16,3)23(12,33)17(31)11-29/h6-7,9,12,15-16,18,29,33H,4-5,8,10-11H2,1-3H3/t12?,15-,16-,18?,20-,21-,22-,23-/m0/s1. The van der Waals surface area contributed by atoms with Crippen LogP contribution in [0.3, 0.4) is 0 Å². The normalized spacial score (nSPS) is 45.7. The number of alkyl halides is 4. The summed E-state index contributed by atoms with van der Waals surface area (Å²) in [7, 11) is 0. The Kier molecular flexibility index (Phi) is 5.50. The molecule has 34 heavy (non-hydrogen) atoms. The van der Waals surface area contributed by atoms with Crippen LogP contribution in [0.4, 0.5) is 17.6 Å². The first-order valence-corrected chi connectivity index (χ1v) is 11.3. The second-order valence-corrected chi connectivity index (χ2v) is 10.6. The van der Waals surface area contributed by atoms with Crippen LogP contribution in [0.1, 0.15) is 46.5 Å². The first-order valence-electron chi connectivity index (χ1n) is 11.3. The molecule has 0 heterocycles. The highest BCUT2D eigenvalue weighted by Crippen LogP contribution is 2.71. The smallest absolute Gasteiger partial charge is 0.452 e. The zero-order valence-corrected chi connectivity index (χ0v) is 19.1. The summed E-state index contributed by atoms with van der Waals surface area (Å²) in [5.74, 6) is -6.15. The second kappa shape index (κ2) is 7.46. The predicted octanol–water partition coefficient (Wildman–Crippen LogP) is 3.01. The van der Waals surface area contributed by atoms with Crippen LogP contribution in [-0.4, -0.2) is 57.9 Å². The third-order valence-electron chi connectivity index (χ3n) is 9.25. The van der Waals surface area contributed by atoms with Crippen LogP contribution in [0.25, 0.3) is 0 Å². The van der Waals surface area contributed by atoms with Gasteiger partial charge in [0.2, 0.25) is 0 Å². The van der Waals surface area contributed by atoms with Gasteiger partial charge in [0.25, 0.3) is 0 Å². The number of hydrogen-bond acceptors (Lipinski definition) is 6. The van der Waals surface area contributed by atoms with E-state index in [4.69, 9.17) is 4.74 Å². The highest BCUT2D eigenvalue weighted by Gasteiger charge is 2.76. The van der Waals surface area contributed by atoms with E-state index in [1.807, 2.05) is 0 Å². The summed E-state index contributed by atoms with van der Waals surface area (Å²) in [6, 6.07) is 0. The van der Waals surface area contributed by atoms with E-state index in [1.165, 1.54) is 26.0 Å². The van der Waals surface area contributed by atoms with Crippen molar-refractivity contribution in [2.45, 2.75) is 70.0 Å². The van der Waals surface area contributed by atoms with Crippen LogP contribution in [0.2, 0.25) is 0 Å². The van der Waals surface area contributed by atoms with Crippen molar-refractivity contribution in [3.05, 3.63) is 23.8 Å². The molecular weight excluding hydrogens is 460 g/mol. The number of rotatable bonds is 3. The van der Waals surface area contributed by atoms with Gasteiger partial charge in [-0.3, -0.25) is 9.59 Å². The molecule has 0 spiro atoms. The van der Waals surface area contributed by atoms with Crippen molar-refractivity contribution in [2.75, 3.05) is 6.61 Å². The van der Waals surface area contributed by atoms with E-state index in [0.717, 1.165) is 6.08 Å². The van der Waals surface area contributed by atoms with E-state index in [2.05, 4.69) is 0 Å². The molecule has 4 aliphatic rings. The Bertz CT molecular complexity index is 1000. The summed E-state index contributed by atoms with van der Waals surface area (Å²) >= 11 is 0. The fourth-order valence-electron chi connectivity index (χ4n) is 7.55. The molecule has 0 aromatic rings. The summed E-state index contributed by atoms with van der Waals surface area (Å²) in [6.07, 6.45) is -3.50. The Hall–Kier alpha value is -2.07. The van der Waals surface area contributed by atoms with Crippen molar-refractivity contribution in [1.29, 1.82) is 0 Å². The van der Waals surface area contributed by atoms with Gasteiger partial charge < -0.3 is 14.9 Å². The predicted molar refractivity (Wildman–Crippen MR) is 110 cm³/mol. The molecule has 0 radical (unpaired) electrons. The molecule has 0 aliphatic heterocycles. The van der Waals surface area contributed by atoms with Gasteiger partial charge in [0, 0.05) is 16.7 Å². The molecule has 3 fully saturated rings. The number of hydrogen-bond donors (Lipinski definition) is 2. The van der Waals surface area contributed by atoms with Gasteiger partial charge in [0.15, 0.2) is 17.2 Å². The monoisotopic (exact) mass is 488 g/mol. The number of fused-ring (bicyclic) bond motifs is 5. The van der Waals surface area contributed by atoms with Gasteiger partial charge in [-0.1, -0.05) is 25.5 Å². The minimum Gasteiger partial charge on any atom is -0.452 e. The maximum absolute atomic E-state index is 17.5. The average molecular weight is 488 g/mol. The van der Waals surface area contributed by atoms with Crippen LogP contribution < -0.4 is 0 Å². The van der Waals surface area contributed by atoms with Crippen LogP contribution in [0, 0.1) is 28.6 Å². The molecule has 2 unspecified atom stereocenters. The quantitative estimate of drug-likeness (QED) is 0.468. The highest BCUT2D eigenvalue weighted by molar-refractivity contribution is 6.01. The minimum absolute atomic E-state index is 0.134. The van der Waals surface area contributed by atoms with E-state index < -0.39 is 76.9 Å². The van der Waals surface area contributed by atoms with Gasteiger partial charge in [-0.2, -0.15) is 13.2 Å². The van der Waals surface area contributed by atoms with Crippen molar-refractivity contribution in [3.8, 4) is 0 Å². The number of esters is 1. The zero-order chi connectivity index (χ0) is 25.5. The molecule has 6 nitrogen and oxygen atoms in total. The molecule has 2 N–H and O–H groups in total. The summed E-state index contributed by atoms with van der Waals surface area (Å²) in [5, 5.41) is 21.1. The third-order valence-corrected chi connectivity index (χ3v) is 9.25. The highest BCUT2D eigenvalue weighted by atomic mass is 19.4. The Morgan fingerprint density at radius 1 is 1.24 bits per heavy atom. The fourth-order valence-corrected chi connectivity index (χ4v) is 7.55. The fraction of sp³-hybridized carbons (Fsp3) is 0.708. The van der Waals surface area contributed by atoms with E-state index in [1.54, 1.807) is 6.92 Å². The average Bonchev–Trinajstić information content (AvgIpc) is 2.95. The topological polar surface area (TPSA) is 101 Å². The van der Waals surface area contributed by atoms with E-state index >= 15 is 4.39 Å². The number of carbonyl (C=O) groups excluding carboxylic acids is 3. The molecule has 0 saturated heterocycles.